The summed E-state index contributed by atoms with van der Waals surface area (Å²) in [7, 11) is 0. The van der Waals surface area contributed by atoms with E-state index in [1.54, 1.807) is 4.90 Å². The molecule has 0 aliphatic carbocycles. The fourth-order valence-corrected chi connectivity index (χ4v) is 3.34. The average Bonchev–Trinajstić information content (AvgIpc) is 2.86. The first kappa shape index (κ1) is 15.8. The normalized spacial score (nSPS) is 16.8. The van der Waals surface area contributed by atoms with Crippen molar-refractivity contribution in [1.29, 1.82) is 0 Å². The lowest BCUT2D eigenvalue weighted by Crippen LogP contribution is -2.41. The maximum Gasteiger partial charge on any atom is 0.410 e. The first-order valence-electron chi connectivity index (χ1n) is 7.06. The molecule has 5 nitrogen and oxygen atoms in total. The van der Waals surface area contributed by atoms with E-state index in [-0.39, 0.29) is 12.0 Å². The first-order valence-corrected chi connectivity index (χ1v) is 7.94. The van der Waals surface area contributed by atoms with Crippen molar-refractivity contribution in [2.75, 3.05) is 13.1 Å². The monoisotopic (exact) mass is 311 g/mol. The van der Waals surface area contributed by atoms with E-state index in [0.29, 0.717) is 18.0 Å². The number of hydrogen-bond donors (Lipinski definition) is 1. The quantitative estimate of drug-likeness (QED) is 0.907. The molecule has 21 heavy (non-hydrogen) atoms. The highest BCUT2D eigenvalue weighted by Crippen LogP contribution is 2.33. The van der Waals surface area contributed by atoms with Crippen LogP contribution in [0.2, 0.25) is 0 Å². The molecule has 116 valence electrons. The molecule has 0 atom stereocenters. The van der Waals surface area contributed by atoms with Gasteiger partial charge in [0.25, 0.3) is 0 Å². The minimum atomic E-state index is -0.866. The van der Waals surface area contributed by atoms with Crippen LogP contribution in [0.25, 0.3) is 0 Å². The predicted molar refractivity (Wildman–Crippen MR) is 81.1 cm³/mol. The molecule has 2 heterocycles. The van der Waals surface area contributed by atoms with Crippen molar-refractivity contribution in [2.24, 2.45) is 0 Å². The highest BCUT2D eigenvalue weighted by molar-refractivity contribution is 7.12. The number of ether oxygens (including phenoxy) is 1. The van der Waals surface area contributed by atoms with Gasteiger partial charge < -0.3 is 14.7 Å². The van der Waals surface area contributed by atoms with Crippen LogP contribution in [0.3, 0.4) is 0 Å². The van der Waals surface area contributed by atoms with E-state index in [9.17, 15) is 14.7 Å². The van der Waals surface area contributed by atoms with Gasteiger partial charge in [-0.3, -0.25) is 0 Å². The fourth-order valence-electron chi connectivity index (χ4n) is 2.51. The van der Waals surface area contributed by atoms with E-state index in [0.717, 1.165) is 18.4 Å². The van der Waals surface area contributed by atoms with E-state index in [2.05, 4.69) is 0 Å². The summed E-state index contributed by atoms with van der Waals surface area (Å²) in [6, 6.07) is 1.89. The van der Waals surface area contributed by atoms with Crippen molar-refractivity contribution in [2.45, 2.75) is 45.1 Å². The number of carboxylic acids is 1. The standard InChI is InChI=1S/C15H21NO4S/c1-15(2,3)20-14(19)16-7-4-10(5-8-16)11-6-9-21-12(11)13(17)18/h6,9-10H,4-5,7-8H2,1-3H3,(H,17,18). The minimum Gasteiger partial charge on any atom is -0.477 e. The number of aromatic carboxylic acids is 1. The van der Waals surface area contributed by atoms with Gasteiger partial charge in [0.15, 0.2) is 0 Å². The number of carboxylic acid groups (broad SMARTS) is 1. The summed E-state index contributed by atoms with van der Waals surface area (Å²) in [6.45, 7) is 6.76. The minimum absolute atomic E-state index is 0.209. The molecule has 1 aliphatic heterocycles. The molecule has 1 aromatic heterocycles. The number of likely N-dealkylation sites (tertiary alicyclic amines) is 1. The summed E-state index contributed by atoms with van der Waals surface area (Å²) in [4.78, 5) is 25.3. The number of rotatable bonds is 2. The molecule has 0 radical (unpaired) electrons. The second kappa shape index (κ2) is 6.05. The van der Waals surface area contributed by atoms with Crippen LogP contribution in [0.15, 0.2) is 11.4 Å². The third-order valence-electron chi connectivity index (χ3n) is 3.48. The molecule has 0 bridgehead atoms. The Kier molecular flexibility index (Phi) is 4.56. The smallest absolute Gasteiger partial charge is 0.410 e. The van der Waals surface area contributed by atoms with Crippen LogP contribution in [0.1, 0.15) is 54.8 Å². The SMILES string of the molecule is CC(C)(C)OC(=O)N1CCC(c2ccsc2C(=O)O)CC1. The Bertz CT molecular complexity index is 524. The maximum atomic E-state index is 12.0. The van der Waals surface area contributed by atoms with Gasteiger partial charge in [-0.25, -0.2) is 9.59 Å². The van der Waals surface area contributed by atoms with Gasteiger partial charge in [0.2, 0.25) is 0 Å². The molecule has 0 saturated carbocycles. The summed E-state index contributed by atoms with van der Waals surface area (Å²) in [5, 5.41) is 11.0. The highest BCUT2D eigenvalue weighted by Gasteiger charge is 2.29. The van der Waals surface area contributed by atoms with Crippen molar-refractivity contribution in [3.8, 4) is 0 Å². The maximum absolute atomic E-state index is 12.0. The summed E-state index contributed by atoms with van der Waals surface area (Å²) in [5.74, 6) is -0.657. The zero-order chi connectivity index (χ0) is 15.6. The molecular formula is C15H21NO4S. The van der Waals surface area contributed by atoms with Crippen molar-refractivity contribution >= 4 is 23.4 Å². The van der Waals surface area contributed by atoms with Crippen LogP contribution in [-0.4, -0.2) is 40.8 Å². The molecule has 1 amide bonds. The predicted octanol–water partition coefficient (Wildman–Crippen LogP) is 3.56. The molecule has 0 aromatic carbocycles. The third kappa shape index (κ3) is 3.97. The van der Waals surface area contributed by atoms with Crippen LogP contribution in [0, 0.1) is 0 Å². The molecule has 1 fully saturated rings. The van der Waals surface area contributed by atoms with Crippen LogP contribution < -0.4 is 0 Å². The second-order valence-electron chi connectivity index (χ2n) is 6.25. The topological polar surface area (TPSA) is 66.8 Å². The number of piperidine rings is 1. The Hall–Kier alpha value is -1.56. The van der Waals surface area contributed by atoms with Gasteiger partial charge in [-0.1, -0.05) is 0 Å². The van der Waals surface area contributed by atoms with E-state index in [1.165, 1.54) is 11.3 Å². The Morgan fingerprint density at radius 2 is 1.95 bits per heavy atom. The molecule has 1 N–H and O–H groups in total. The van der Waals surface area contributed by atoms with Gasteiger partial charge in [0.05, 0.1) is 0 Å². The number of carbonyl (C=O) groups is 2. The van der Waals surface area contributed by atoms with Crippen molar-refractivity contribution in [1.82, 2.24) is 4.90 Å². The Balaban J connectivity index is 1.96. The van der Waals surface area contributed by atoms with Crippen molar-refractivity contribution in [3.63, 3.8) is 0 Å². The van der Waals surface area contributed by atoms with Gasteiger partial charge >= 0.3 is 12.1 Å². The molecule has 6 heteroatoms. The molecule has 1 aliphatic rings. The average molecular weight is 311 g/mol. The van der Waals surface area contributed by atoms with E-state index in [1.807, 2.05) is 32.2 Å². The molecule has 1 saturated heterocycles. The van der Waals surface area contributed by atoms with Gasteiger partial charge in [0.1, 0.15) is 10.5 Å². The highest BCUT2D eigenvalue weighted by atomic mass is 32.1. The Morgan fingerprint density at radius 3 is 2.48 bits per heavy atom. The van der Waals surface area contributed by atoms with Crippen LogP contribution in [-0.2, 0) is 4.74 Å². The van der Waals surface area contributed by atoms with Crippen molar-refractivity contribution < 1.29 is 19.4 Å². The van der Waals surface area contributed by atoms with Crippen LogP contribution in [0.5, 0.6) is 0 Å². The number of carbonyl (C=O) groups excluding carboxylic acids is 1. The van der Waals surface area contributed by atoms with E-state index in [4.69, 9.17) is 4.74 Å². The Labute approximate surface area is 128 Å². The number of thiophene rings is 1. The molecule has 0 spiro atoms. The summed E-state index contributed by atoms with van der Waals surface area (Å²) in [5.41, 5.74) is 0.411. The largest absolute Gasteiger partial charge is 0.477 e. The van der Waals surface area contributed by atoms with Gasteiger partial charge in [-0.15, -0.1) is 11.3 Å². The van der Waals surface area contributed by atoms with E-state index < -0.39 is 11.6 Å². The lowest BCUT2D eigenvalue weighted by atomic mass is 9.90. The summed E-state index contributed by atoms with van der Waals surface area (Å²) in [6.07, 6.45) is 1.26. The summed E-state index contributed by atoms with van der Waals surface area (Å²) < 4.78 is 5.36. The lowest BCUT2D eigenvalue weighted by molar-refractivity contribution is 0.0204. The van der Waals surface area contributed by atoms with Gasteiger partial charge in [-0.05, 0) is 56.5 Å². The fraction of sp³-hybridized carbons (Fsp3) is 0.600. The molecular weight excluding hydrogens is 290 g/mol. The van der Waals surface area contributed by atoms with Crippen molar-refractivity contribution in [3.05, 3.63) is 21.9 Å². The zero-order valence-corrected chi connectivity index (χ0v) is 13.4. The molecule has 1 aromatic rings. The number of amides is 1. The molecule has 0 unspecified atom stereocenters. The van der Waals surface area contributed by atoms with Crippen LogP contribution in [0.4, 0.5) is 4.79 Å². The summed E-state index contributed by atoms with van der Waals surface area (Å²) >= 11 is 1.26. The zero-order valence-electron chi connectivity index (χ0n) is 12.6. The lowest BCUT2D eigenvalue weighted by Gasteiger charge is -2.33. The van der Waals surface area contributed by atoms with Gasteiger partial charge in [-0.2, -0.15) is 0 Å². The second-order valence-corrected chi connectivity index (χ2v) is 7.17. The Morgan fingerprint density at radius 1 is 1.33 bits per heavy atom. The van der Waals surface area contributed by atoms with Gasteiger partial charge in [0, 0.05) is 13.1 Å². The number of hydrogen-bond acceptors (Lipinski definition) is 4. The number of nitrogens with zero attached hydrogens (tertiary/aromatic N) is 1. The van der Waals surface area contributed by atoms with E-state index >= 15 is 0 Å². The van der Waals surface area contributed by atoms with Crippen LogP contribution >= 0.6 is 11.3 Å². The molecule has 2 rings (SSSR count). The first-order chi connectivity index (χ1) is 9.78. The third-order valence-corrected chi connectivity index (χ3v) is 4.39.